The van der Waals surface area contributed by atoms with Crippen molar-refractivity contribution in [3.8, 4) is 11.5 Å². The lowest BCUT2D eigenvalue weighted by atomic mass is 10.2. The summed E-state index contributed by atoms with van der Waals surface area (Å²) in [6.07, 6.45) is 1.43. The maximum atomic E-state index is 11.5. The molecule has 0 unspecified atom stereocenters. The number of rotatable bonds is 7. The Morgan fingerprint density at radius 1 is 1.17 bits per heavy atom. The van der Waals surface area contributed by atoms with Gasteiger partial charge in [0.25, 0.3) is 0 Å². The molecular formula is C15H18ClN3O4S. The number of halogens is 1. The van der Waals surface area contributed by atoms with Gasteiger partial charge in [-0.3, -0.25) is 4.72 Å². The smallest absolute Gasteiger partial charge is 0.232 e. The van der Waals surface area contributed by atoms with Crippen LogP contribution in [0.5, 0.6) is 11.5 Å². The molecule has 1 heterocycles. The summed E-state index contributed by atoms with van der Waals surface area (Å²) in [6, 6.07) is 6.58. The van der Waals surface area contributed by atoms with E-state index in [2.05, 4.69) is 15.0 Å². The van der Waals surface area contributed by atoms with Crippen molar-refractivity contribution in [2.75, 3.05) is 30.0 Å². The Morgan fingerprint density at radius 2 is 1.88 bits per heavy atom. The fourth-order valence-electron chi connectivity index (χ4n) is 1.88. The van der Waals surface area contributed by atoms with Gasteiger partial charge >= 0.3 is 0 Å². The molecule has 0 aliphatic carbocycles. The molecule has 0 fully saturated rings. The van der Waals surface area contributed by atoms with Crippen molar-refractivity contribution >= 4 is 38.8 Å². The molecule has 0 saturated heterocycles. The van der Waals surface area contributed by atoms with Crippen molar-refractivity contribution in [3.05, 3.63) is 35.5 Å². The molecule has 1 aromatic heterocycles. The third-order valence-electron chi connectivity index (χ3n) is 3.15. The number of aromatic nitrogens is 1. The van der Waals surface area contributed by atoms with Crippen LogP contribution in [0.4, 0.5) is 17.2 Å². The Morgan fingerprint density at radius 3 is 2.42 bits per heavy atom. The van der Waals surface area contributed by atoms with Crippen LogP contribution in [0.1, 0.15) is 6.92 Å². The minimum Gasteiger partial charge on any atom is -0.495 e. The van der Waals surface area contributed by atoms with Gasteiger partial charge in [0.2, 0.25) is 10.0 Å². The van der Waals surface area contributed by atoms with E-state index in [9.17, 15) is 8.42 Å². The SMILES string of the molecule is CCS(=O)(=O)Nc1ccc(Nc2cc(OC)c(Cl)cc2OC)nc1. The second-order valence-electron chi connectivity index (χ2n) is 4.75. The van der Waals surface area contributed by atoms with Crippen LogP contribution in [-0.2, 0) is 10.0 Å². The molecule has 0 aliphatic rings. The van der Waals surface area contributed by atoms with E-state index in [0.717, 1.165) is 0 Å². The van der Waals surface area contributed by atoms with Crippen LogP contribution in [0.2, 0.25) is 5.02 Å². The van der Waals surface area contributed by atoms with Crippen molar-refractivity contribution in [3.63, 3.8) is 0 Å². The highest BCUT2D eigenvalue weighted by atomic mass is 35.5. The Balaban J connectivity index is 2.22. The van der Waals surface area contributed by atoms with E-state index in [1.54, 1.807) is 31.2 Å². The first-order chi connectivity index (χ1) is 11.4. The van der Waals surface area contributed by atoms with E-state index in [1.807, 2.05) is 0 Å². The van der Waals surface area contributed by atoms with E-state index in [1.165, 1.54) is 20.4 Å². The molecule has 7 nitrogen and oxygen atoms in total. The van der Waals surface area contributed by atoms with Gasteiger partial charge in [-0.1, -0.05) is 11.6 Å². The maximum Gasteiger partial charge on any atom is 0.232 e. The lowest BCUT2D eigenvalue weighted by molar-refractivity contribution is 0.405. The zero-order valence-corrected chi connectivity index (χ0v) is 15.0. The number of hydrogen-bond donors (Lipinski definition) is 2. The summed E-state index contributed by atoms with van der Waals surface area (Å²) in [5.41, 5.74) is 1.01. The van der Waals surface area contributed by atoms with Crippen LogP contribution in [-0.4, -0.2) is 33.4 Å². The Bertz CT molecular complexity index is 810. The first-order valence-electron chi connectivity index (χ1n) is 7.03. The Hall–Kier alpha value is -2.19. The third kappa shape index (κ3) is 4.42. The number of pyridine rings is 1. The van der Waals surface area contributed by atoms with Gasteiger partial charge in [-0.2, -0.15) is 0 Å². The number of hydrogen-bond acceptors (Lipinski definition) is 6. The van der Waals surface area contributed by atoms with Gasteiger partial charge in [-0.25, -0.2) is 13.4 Å². The highest BCUT2D eigenvalue weighted by Crippen LogP contribution is 2.37. The van der Waals surface area contributed by atoms with Crippen molar-refractivity contribution in [1.82, 2.24) is 4.98 Å². The maximum absolute atomic E-state index is 11.5. The van der Waals surface area contributed by atoms with Gasteiger partial charge in [0.1, 0.15) is 17.3 Å². The standard InChI is InChI=1S/C15H18ClN3O4S/c1-4-24(20,21)19-10-5-6-15(17-9-10)18-12-8-13(22-2)11(16)7-14(12)23-3/h5-9,19H,4H2,1-3H3,(H,17,18). The van der Waals surface area contributed by atoms with Gasteiger partial charge in [-0.05, 0) is 19.1 Å². The summed E-state index contributed by atoms with van der Waals surface area (Å²) >= 11 is 6.07. The van der Waals surface area contributed by atoms with E-state index >= 15 is 0 Å². The fraction of sp³-hybridized carbons (Fsp3) is 0.267. The second kappa shape index (κ2) is 7.59. The largest absolute Gasteiger partial charge is 0.495 e. The number of sulfonamides is 1. The summed E-state index contributed by atoms with van der Waals surface area (Å²) in [5.74, 6) is 1.53. The van der Waals surface area contributed by atoms with Crippen LogP contribution in [0, 0.1) is 0 Å². The molecule has 0 spiro atoms. The summed E-state index contributed by atoms with van der Waals surface area (Å²) in [5, 5.41) is 3.51. The van der Waals surface area contributed by atoms with Gasteiger partial charge < -0.3 is 14.8 Å². The van der Waals surface area contributed by atoms with Crippen molar-refractivity contribution in [2.45, 2.75) is 6.92 Å². The van der Waals surface area contributed by atoms with E-state index in [0.29, 0.717) is 33.7 Å². The van der Waals surface area contributed by atoms with Crippen molar-refractivity contribution in [1.29, 1.82) is 0 Å². The minimum absolute atomic E-state index is 0.00519. The molecule has 1 aromatic carbocycles. The zero-order chi connectivity index (χ0) is 17.7. The third-order valence-corrected chi connectivity index (χ3v) is 4.76. The lowest BCUT2D eigenvalue weighted by Crippen LogP contribution is -2.14. The molecule has 9 heteroatoms. The normalized spacial score (nSPS) is 11.0. The molecule has 2 N–H and O–H groups in total. The van der Waals surface area contributed by atoms with Gasteiger partial charge in [-0.15, -0.1) is 0 Å². The van der Waals surface area contributed by atoms with Crippen LogP contribution in [0.3, 0.4) is 0 Å². The topological polar surface area (TPSA) is 89.6 Å². The molecule has 0 atom stereocenters. The molecule has 0 saturated carbocycles. The molecule has 0 aliphatic heterocycles. The number of nitrogens with one attached hydrogen (secondary N) is 2. The summed E-state index contributed by atoms with van der Waals surface area (Å²) in [7, 11) is -0.285. The highest BCUT2D eigenvalue weighted by molar-refractivity contribution is 7.92. The van der Waals surface area contributed by atoms with Gasteiger partial charge in [0.15, 0.2) is 0 Å². The van der Waals surface area contributed by atoms with Crippen LogP contribution >= 0.6 is 11.6 Å². The average molecular weight is 372 g/mol. The Labute approximate surface area is 146 Å². The molecule has 2 aromatic rings. The monoisotopic (exact) mass is 371 g/mol. The summed E-state index contributed by atoms with van der Waals surface area (Å²) in [4.78, 5) is 4.18. The van der Waals surface area contributed by atoms with Crippen molar-refractivity contribution in [2.24, 2.45) is 0 Å². The van der Waals surface area contributed by atoms with Crippen LogP contribution < -0.4 is 19.5 Å². The van der Waals surface area contributed by atoms with Crippen LogP contribution in [0.25, 0.3) is 0 Å². The molecular weight excluding hydrogens is 354 g/mol. The zero-order valence-electron chi connectivity index (χ0n) is 13.5. The quantitative estimate of drug-likeness (QED) is 0.776. The molecule has 0 bridgehead atoms. The molecule has 130 valence electrons. The molecule has 24 heavy (non-hydrogen) atoms. The number of nitrogens with zero attached hydrogens (tertiary/aromatic N) is 1. The number of anilines is 3. The fourth-order valence-corrected chi connectivity index (χ4v) is 2.73. The second-order valence-corrected chi connectivity index (χ2v) is 7.17. The minimum atomic E-state index is -3.33. The van der Waals surface area contributed by atoms with Crippen LogP contribution in [0.15, 0.2) is 30.5 Å². The predicted octanol–water partition coefficient (Wildman–Crippen LogP) is 3.26. The first kappa shape index (κ1) is 18.2. The number of methoxy groups -OCH3 is 2. The van der Waals surface area contributed by atoms with Gasteiger partial charge in [0.05, 0.1) is 42.6 Å². The Kier molecular flexibility index (Phi) is 5.74. The summed E-state index contributed by atoms with van der Waals surface area (Å²) < 4.78 is 36.0. The van der Waals surface area contributed by atoms with Gasteiger partial charge in [0, 0.05) is 12.1 Å². The van der Waals surface area contributed by atoms with Crippen molar-refractivity contribution < 1.29 is 17.9 Å². The summed E-state index contributed by atoms with van der Waals surface area (Å²) in [6.45, 7) is 1.56. The molecule has 2 rings (SSSR count). The van der Waals surface area contributed by atoms with E-state index in [-0.39, 0.29) is 5.75 Å². The number of ether oxygens (including phenoxy) is 2. The predicted molar refractivity (Wildman–Crippen MR) is 95.2 cm³/mol. The molecule has 0 radical (unpaired) electrons. The highest BCUT2D eigenvalue weighted by Gasteiger charge is 2.11. The lowest BCUT2D eigenvalue weighted by Gasteiger charge is -2.14. The number of benzene rings is 1. The van der Waals surface area contributed by atoms with E-state index < -0.39 is 10.0 Å². The first-order valence-corrected chi connectivity index (χ1v) is 9.06. The van der Waals surface area contributed by atoms with E-state index in [4.69, 9.17) is 21.1 Å². The molecule has 0 amide bonds. The average Bonchev–Trinajstić information content (AvgIpc) is 2.57.